The van der Waals surface area contributed by atoms with Gasteiger partial charge in [0.1, 0.15) is 48.8 Å². The minimum Gasteiger partial charge on any atom is -0.429 e. The van der Waals surface area contributed by atoms with Gasteiger partial charge in [0.25, 0.3) is 0 Å². The molecule has 13 nitrogen and oxygen atoms in total. The van der Waals surface area contributed by atoms with E-state index in [2.05, 4.69) is 0 Å². The molecule has 0 bridgehead atoms. The van der Waals surface area contributed by atoms with Gasteiger partial charge in [-0.3, -0.25) is 4.79 Å². The number of carbonyl (C=O) groups excluding carboxylic acids is 2. The van der Waals surface area contributed by atoms with Crippen molar-refractivity contribution in [3.05, 3.63) is 23.8 Å². The van der Waals surface area contributed by atoms with Crippen molar-refractivity contribution in [3.63, 3.8) is 0 Å². The summed E-state index contributed by atoms with van der Waals surface area (Å²) < 4.78 is 20.9. The van der Waals surface area contributed by atoms with E-state index in [4.69, 9.17) is 18.9 Å². The molecule has 13 heteroatoms. The molecule has 0 aromatic carbocycles. The lowest BCUT2D eigenvalue weighted by Crippen LogP contribution is -2.61. The van der Waals surface area contributed by atoms with Gasteiger partial charge in [-0.1, -0.05) is 12.2 Å². The summed E-state index contributed by atoms with van der Waals surface area (Å²) in [4.78, 5) is 23.1. The minimum absolute atomic E-state index is 0.0537. The predicted octanol–water partition coefficient (Wildman–Crippen LogP) is -3.75. The maximum absolute atomic E-state index is 12.2. The molecule has 7 N–H and O–H groups in total. The summed E-state index contributed by atoms with van der Waals surface area (Å²) >= 11 is 0. The Hall–Kier alpha value is -1.78. The lowest BCUT2D eigenvalue weighted by molar-refractivity contribution is -0.326. The first-order chi connectivity index (χ1) is 15.5. The van der Waals surface area contributed by atoms with Crippen molar-refractivity contribution in [2.24, 2.45) is 0 Å². The fourth-order valence-electron chi connectivity index (χ4n) is 3.14. The molecule has 2 aliphatic rings. The van der Waals surface area contributed by atoms with Crippen molar-refractivity contribution in [1.29, 1.82) is 0 Å². The minimum atomic E-state index is -1.80. The number of carbonyl (C=O) groups is 2. The van der Waals surface area contributed by atoms with Gasteiger partial charge in [-0.25, -0.2) is 4.79 Å². The van der Waals surface area contributed by atoms with Crippen LogP contribution in [0.2, 0.25) is 0 Å². The van der Waals surface area contributed by atoms with E-state index < -0.39 is 80.6 Å². The molecular weight excluding hydrogens is 448 g/mol. The van der Waals surface area contributed by atoms with Gasteiger partial charge in [-0.2, -0.15) is 0 Å². The van der Waals surface area contributed by atoms with Gasteiger partial charge in [0, 0.05) is 5.57 Å². The molecular formula is C20H30O13. The summed E-state index contributed by atoms with van der Waals surface area (Å²) in [6, 6.07) is 0. The molecule has 0 saturated carbocycles. The van der Waals surface area contributed by atoms with E-state index in [0.717, 1.165) is 0 Å². The van der Waals surface area contributed by atoms with Crippen LogP contribution in [0, 0.1) is 0 Å². The fraction of sp³-hybridized carbons (Fsp3) is 0.700. The van der Waals surface area contributed by atoms with Crippen molar-refractivity contribution < 1.29 is 64.3 Å². The quantitative estimate of drug-likeness (QED) is 0.102. The Kier molecular flexibility index (Phi) is 10.1. The van der Waals surface area contributed by atoms with E-state index >= 15 is 0 Å². The molecule has 2 rings (SSSR count). The Morgan fingerprint density at radius 2 is 1.36 bits per heavy atom. The maximum Gasteiger partial charge on any atom is 0.336 e. The van der Waals surface area contributed by atoms with Crippen LogP contribution in [-0.2, 0) is 28.5 Å². The van der Waals surface area contributed by atoms with E-state index in [1.165, 1.54) is 32.1 Å². The highest BCUT2D eigenvalue weighted by Gasteiger charge is 2.48. The van der Waals surface area contributed by atoms with Crippen LogP contribution in [0.15, 0.2) is 23.8 Å². The molecule has 33 heavy (non-hydrogen) atoms. The van der Waals surface area contributed by atoms with E-state index in [-0.39, 0.29) is 11.4 Å². The molecule has 0 amide bonds. The third-order valence-corrected chi connectivity index (χ3v) is 5.16. The average Bonchev–Trinajstić information content (AvgIpc) is 2.77. The summed E-state index contributed by atoms with van der Waals surface area (Å²) in [6.45, 7) is 1.47. The standard InChI is InChI=1S/C20H30O13/c1-8(4-3-5-9(2)22)18(29)33-20-17(28)15(26)13(24)11(32-20)7-30-19-16(27)14(25)12(23)10(6-21)31-19/h3-5,10-17,19-21,23-28H,6-7H2,1-2H3/b5-3+,8-4+. The summed E-state index contributed by atoms with van der Waals surface area (Å²) in [5.74, 6) is -1.16. The highest BCUT2D eigenvalue weighted by Crippen LogP contribution is 2.26. The first-order valence-electron chi connectivity index (χ1n) is 10.2. The van der Waals surface area contributed by atoms with Gasteiger partial charge < -0.3 is 54.7 Å². The molecule has 0 spiro atoms. The molecule has 10 atom stereocenters. The molecule has 2 aliphatic heterocycles. The van der Waals surface area contributed by atoms with E-state index in [9.17, 15) is 45.3 Å². The second-order valence-corrected chi connectivity index (χ2v) is 7.77. The number of ether oxygens (including phenoxy) is 4. The van der Waals surface area contributed by atoms with Crippen molar-refractivity contribution in [3.8, 4) is 0 Å². The Labute approximate surface area is 189 Å². The number of ketones is 1. The first kappa shape index (κ1) is 27.5. The molecule has 0 aromatic rings. The van der Waals surface area contributed by atoms with Crippen molar-refractivity contribution >= 4 is 11.8 Å². The maximum atomic E-state index is 12.2. The summed E-state index contributed by atoms with van der Waals surface area (Å²) in [7, 11) is 0. The Balaban J connectivity index is 2.02. The van der Waals surface area contributed by atoms with Crippen LogP contribution in [0.4, 0.5) is 0 Å². The summed E-state index contributed by atoms with van der Waals surface area (Å²) in [5.41, 5.74) is 0.0537. The summed E-state index contributed by atoms with van der Waals surface area (Å²) in [6.07, 6.45) is -12.2. The van der Waals surface area contributed by atoms with Crippen molar-refractivity contribution in [2.45, 2.75) is 75.3 Å². The topological polar surface area (TPSA) is 213 Å². The molecule has 2 heterocycles. The van der Waals surface area contributed by atoms with Crippen LogP contribution in [-0.4, -0.2) is 122 Å². The zero-order chi connectivity index (χ0) is 24.9. The molecule has 0 aromatic heterocycles. The molecule has 2 saturated heterocycles. The van der Waals surface area contributed by atoms with Crippen molar-refractivity contribution in [2.75, 3.05) is 13.2 Å². The third kappa shape index (κ3) is 6.86. The predicted molar refractivity (Wildman–Crippen MR) is 106 cm³/mol. The van der Waals surface area contributed by atoms with Crippen LogP contribution in [0.5, 0.6) is 0 Å². The van der Waals surface area contributed by atoms with E-state index in [1.54, 1.807) is 0 Å². The second-order valence-electron chi connectivity index (χ2n) is 7.77. The van der Waals surface area contributed by atoms with Crippen LogP contribution < -0.4 is 0 Å². The summed E-state index contributed by atoms with van der Waals surface area (Å²) in [5, 5.41) is 69.2. The number of esters is 1. The van der Waals surface area contributed by atoms with Gasteiger partial charge in [0.05, 0.1) is 13.2 Å². The normalized spacial score (nSPS) is 40.1. The van der Waals surface area contributed by atoms with E-state index in [1.807, 2.05) is 0 Å². The number of hydrogen-bond donors (Lipinski definition) is 7. The molecule has 2 fully saturated rings. The Morgan fingerprint density at radius 3 is 1.94 bits per heavy atom. The largest absolute Gasteiger partial charge is 0.429 e. The van der Waals surface area contributed by atoms with Crippen LogP contribution in [0.3, 0.4) is 0 Å². The number of allylic oxidation sites excluding steroid dienone is 3. The van der Waals surface area contributed by atoms with Crippen LogP contribution in [0.25, 0.3) is 0 Å². The molecule has 0 radical (unpaired) electrons. The van der Waals surface area contributed by atoms with Gasteiger partial charge >= 0.3 is 5.97 Å². The van der Waals surface area contributed by atoms with Gasteiger partial charge in [0.2, 0.25) is 6.29 Å². The number of hydrogen-bond acceptors (Lipinski definition) is 13. The van der Waals surface area contributed by atoms with Crippen LogP contribution in [0.1, 0.15) is 13.8 Å². The van der Waals surface area contributed by atoms with Gasteiger partial charge in [-0.15, -0.1) is 0 Å². The number of rotatable bonds is 8. The average molecular weight is 478 g/mol. The SMILES string of the molecule is CC(=O)/C=C/C=C(\C)C(=O)OC1OC(COC2OC(CO)C(O)C(O)C2O)C(O)C(O)C1O. The molecule has 188 valence electrons. The third-order valence-electron chi connectivity index (χ3n) is 5.16. The fourth-order valence-corrected chi connectivity index (χ4v) is 3.14. The first-order valence-corrected chi connectivity index (χ1v) is 10.2. The van der Waals surface area contributed by atoms with E-state index in [0.29, 0.717) is 0 Å². The zero-order valence-corrected chi connectivity index (χ0v) is 18.0. The Morgan fingerprint density at radius 1 is 0.818 bits per heavy atom. The van der Waals surface area contributed by atoms with Crippen molar-refractivity contribution in [1.82, 2.24) is 0 Å². The lowest BCUT2D eigenvalue weighted by Gasteiger charge is -2.42. The monoisotopic (exact) mass is 478 g/mol. The highest BCUT2D eigenvalue weighted by molar-refractivity contribution is 5.90. The smallest absolute Gasteiger partial charge is 0.336 e. The molecule has 10 unspecified atom stereocenters. The number of aliphatic hydroxyl groups is 7. The van der Waals surface area contributed by atoms with Gasteiger partial charge in [-0.05, 0) is 19.9 Å². The highest BCUT2D eigenvalue weighted by atomic mass is 16.7. The molecule has 0 aliphatic carbocycles. The van der Waals surface area contributed by atoms with Gasteiger partial charge in [0.15, 0.2) is 12.1 Å². The second kappa shape index (κ2) is 12.1. The van der Waals surface area contributed by atoms with Crippen LogP contribution >= 0.6 is 0 Å². The number of aliphatic hydroxyl groups excluding tert-OH is 7. The zero-order valence-electron chi connectivity index (χ0n) is 18.0. The Bertz CT molecular complexity index is 735. The lowest BCUT2D eigenvalue weighted by atomic mass is 9.98.